The van der Waals surface area contributed by atoms with Crippen LogP contribution in [-0.2, 0) is 0 Å². The zero-order valence-electron chi connectivity index (χ0n) is 16.3. The number of amides is 1. The standard InChI is InChI=1S/C21H29N3O2/c1-15-16(2)19(20(26-4)18-8-6-5-7-17(15)18)21(25)22-9-10-24-13-11-23(3)12-14-24/h5-8H,9-14H2,1-4H3,(H,22,25). The van der Waals surface area contributed by atoms with E-state index in [0.29, 0.717) is 17.9 Å². The molecular weight excluding hydrogens is 326 g/mol. The molecule has 0 radical (unpaired) electrons. The Kier molecular flexibility index (Phi) is 5.79. The first kappa shape index (κ1) is 18.7. The number of carbonyl (C=O) groups is 1. The summed E-state index contributed by atoms with van der Waals surface area (Å²) in [5.74, 6) is 0.614. The maximum absolute atomic E-state index is 12.9. The number of benzene rings is 2. The molecule has 1 heterocycles. The van der Waals surface area contributed by atoms with Gasteiger partial charge >= 0.3 is 0 Å². The highest BCUT2D eigenvalue weighted by Crippen LogP contribution is 2.35. The van der Waals surface area contributed by atoms with Gasteiger partial charge in [-0.25, -0.2) is 0 Å². The summed E-state index contributed by atoms with van der Waals surface area (Å²) >= 11 is 0. The molecule has 1 fully saturated rings. The maximum Gasteiger partial charge on any atom is 0.255 e. The molecule has 1 N–H and O–H groups in total. The number of rotatable bonds is 5. The third kappa shape index (κ3) is 3.69. The largest absolute Gasteiger partial charge is 0.495 e. The number of hydrogen-bond donors (Lipinski definition) is 1. The molecule has 2 aromatic rings. The minimum absolute atomic E-state index is 0.0534. The van der Waals surface area contributed by atoms with Crippen LogP contribution < -0.4 is 10.1 Å². The quantitative estimate of drug-likeness (QED) is 0.895. The van der Waals surface area contributed by atoms with E-state index in [-0.39, 0.29) is 5.91 Å². The number of fused-ring (bicyclic) bond motifs is 1. The molecule has 140 valence electrons. The first-order chi connectivity index (χ1) is 12.5. The second-order valence-corrected chi connectivity index (χ2v) is 7.10. The van der Waals surface area contributed by atoms with Crippen molar-refractivity contribution in [3.8, 4) is 5.75 Å². The lowest BCUT2D eigenvalue weighted by molar-refractivity contribution is 0.0937. The summed E-state index contributed by atoms with van der Waals surface area (Å²) in [5, 5.41) is 5.21. The molecule has 0 aromatic heterocycles. The van der Waals surface area contributed by atoms with Crippen LogP contribution in [0.15, 0.2) is 24.3 Å². The fraction of sp³-hybridized carbons (Fsp3) is 0.476. The van der Waals surface area contributed by atoms with E-state index in [1.54, 1.807) is 7.11 Å². The first-order valence-electron chi connectivity index (χ1n) is 9.28. The molecule has 3 rings (SSSR count). The molecule has 5 nitrogen and oxygen atoms in total. The Morgan fingerprint density at radius 2 is 1.73 bits per heavy atom. The molecule has 5 heteroatoms. The molecule has 0 unspecified atom stereocenters. The van der Waals surface area contributed by atoms with Gasteiger partial charge in [0.25, 0.3) is 5.91 Å². The average Bonchev–Trinajstić information content (AvgIpc) is 2.66. The van der Waals surface area contributed by atoms with Crippen LogP contribution in [0.4, 0.5) is 0 Å². The first-order valence-corrected chi connectivity index (χ1v) is 9.28. The van der Waals surface area contributed by atoms with Crippen LogP contribution >= 0.6 is 0 Å². The Morgan fingerprint density at radius 3 is 2.38 bits per heavy atom. The second kappa shape index (κ2) is 8.06. The fourth-order valence-corrected chi connectivity index (χ4v) is 3.68. The van der Waals surface area contributed by atoms with Gasteiger partial charge in [0, 0.05) is 44.7 Å². The average molecular weight is 355 g/mol. The summed E-state index contributed by atoms with van der Waals surface area (Å²) in [6, 6.07) is 8.09. The van der Waals surface area contributed by atoms with Crippen molar-refractivity contribution in [1.82, 2.24) is 15.1 Å². The Hall–Kier alpha value is -2.11. The zero-order chi connectivity index (χ0) is 18.7. The van der Waals surface area contributed by atoms with E-state index in [2.05, 4.69) is 35.2 Å². The molecule has 0 aliphatic carbocycles. The molecule has 26 heavy (non-hydrogen) atoms. The van der Waals surface area contributed by atoms with Crippen molar-refractivity contribution in [2.45, 2.75) is 13.8 Å². The summed E-state index contributed by atoms with van der Waals surface area (Å²) in [6.45, 7) is 9.89. The second-order valence-electron chi connectivity index (χ2n) is 7.10. The molecule has 2 aromatic carbocycles. The number of likely N-dealkylation sites (N-methyl/N-ethyl adjacent to an activating group) is 1. The van der Waals surface area contributed by atoms with Crippen LogP contribution in [0.3, 0.4) is 0 Å². The van der Waals surface area contributed by atoms with E-state index in [9.17, 15) is 4.79 Å². The van der Waals surface area contributed by atoms with Crippen molar-refractivity contribution in [2.24, 2.45) is 0 Å². The Balaban J connectivity index is 1.76. The maximum atomic E-state index is 12.9. The lowest BCUT2D eigenvalue weighted by Crippen LogP contribution is -2.47. The van der Waals surface area contributed by atoms with E-state index in [1.807, 2.05) is 25.1 Å². The third-order valence-corrected chi connectivity index (χ3v) is 5.48. The molecule has 0 saturated carbocycles. The van der Waals surface area contributed by atoms with Gasteiger partial charge in [0.2, 0.25) is 0 Å². The summed E-state index contributed by atoms with van der Waals surface area (Å²) in [7, 11) is 3.79. The van der Waals surface area contributed by atoms with E-state index in [4.69, 9.17) is 4.74 Å². The molecule has 1 aliphatic heterocycles. The van der Waals surface area contributed by atoms with Crippen LogP contribution in [0.1, 0.15) is 21.5 Å². The van der Waals surface area contributed by atoms with Gasteiger partial charge in [0.1, 0.15) is 5.75 Å². The van der Waals surface area contributed by atoms with E-state index in [0.717, 1.165) is 54.6 Å². The smallest absolute Gasteiger partial charge is 0.255 e. The SMILES string of the molecule is COc1c(C(=O)NCCN2CCN(C)CC2)c(C)c(C)c2ccccc12. The fourth-order valence-electron chi connectivity index (χ4n) is 3.68. The van der Waals surface area contributed by atoms with Gasteiger partial charge in [-0.3, -0.25) is 9.69 Å². The Bertz CT molecular complexity index is 795. The van der Waals surface area contributed by atoms with E-state index in [1.165, 1.54) is 0 Å². The Morgan fingerprint density at radius 1 is 1.08 bits per heavy atom. The number of piperazine rings is 1. The van der Waals surface area contributed by atoms with Crippen molar-refractivity contribution < 1.29 is 9.53 Å². The van der Waals surface area contributed by atoms with Crippen LogP contribution in [-0.4, -0.2) is 69.1 Å². The molecule has 1 aliphatic rings. The van der Waals surface area contributed by atoms with Crippen LogP contribution in [0.5, 0.6) is 5.75 Å². The van der Waals surface area contributed by atoms with Crippen molar-refractivity contribution in [2.75, 3.05) is 53.4 Å². The molecule has 0 atom stereocenters. The highest BCUT2D eigenvalue weighted by Gasteiger charge is 2.21. The van der Waals surface area contributed by atoms with E-state index < -0.39 is 0 Å². The van der Waals surface area contributed by atoms with Gasteiger partial charge in [-0.05, 0) is 37.4 Å². The van der Waals surface area contributed by atoms with Crippen LogP contribution in [0, 0.1) is 13.8 Å². The molecule has 0 spiro atoms. The lowest BCUT2D eigenvalue weighted by atomic mass is 9.94. The van der Waals surface area contributed by atoms with Gasteiger partial charge in [-0.15, -0.1) is 0 Å². The zero-order valence-corrected chi connectivity index (χ0v) is 16.3. The van der Waals surface area contributed by atoms with Crippen molar-refractivity contribution in [1.29, 1.82) is 0 Å². The third-order valence-electron chi connectivity index (χ3n) is 5.48. The van der Waals surface area contributed by atoms with Gasteiger partial charge in [-0.2, -0.15) is 0 Å². The number of hydrogen-bond acceptors (Lipinski definition) is 4. The van der Waals surface area contributed by atoms with Gasteiger partial charge < -0.3 is 15.0 Å². The number of aryl methyl sites for hydroxylation is 1. The van der Waals surface area contributed by atoms with Gasteiger partial charge in [-0.1, -0.05) is 24.3 Å². The summed E-state index contributed by atoms with van der Waals surface area (Å²) < 4.78 is 5.65. The number of nitrogens with one attached hydrogen (secondary N) is 1. The number of carbonyl (C=O) groups excluding carboxylic acids is 1. The normalized spacial score (nSPS) is 16.0. The predicted octanol–water partition coefficient (Wildman–Crippen LogP) is 2.44. The van der Waals surface area contributed by atoms with Crippen molar-refractivity contribution in [3.05, 3.63) is 41.0 Å². The summed E-state index contributed by atoms with van der Waals surface area (Å²) in [4.78, 5) is 17.7. The topological polar surface area (TPSA) is 44.8 Å². The van der Waals surface area contributed by atoms with Crippen LogP contribution in [0.2, 0.25) is 0 Å². The Labute approximate surface area is 155 Å². The number of ether oxygens (including phenoxy) is 1. The summed E-state index contributed by atoms with van der Waals surface area (Å²) in [5.41, 5.74) is 2.77. The van der Waals surface area contributed by atoms with Crippen LogP contribution in [0.25, 0.3) is 10.8 Å². The lowest BCUT2D eigenvalue weighted by Gasteiger charge is -2.32. The highest BCUT2D eigenvalue weighted by molar-refractivity contribution is 6.06. The van der Waals surface area contributed by atoms with Crippen molar-refractivity contribution in [3.63, 3.8) is 0 Å². The van der Waals surface area contributed by atoms with Gasteiger partial charge in [0.05, 0.1) is 12.7 Å². The molecular formula is C21H29N3O2. The molecule has 0 bridgehead atoms. The molecule has 1 amide bonds. The summed E-state index contributed by atoms with van der Waals surface area (Å²) in [6.07, 6.45) is 0. The predicted molar refractivity (Wildman–Crippen MR) is 106 cm³/mol. The monoisotopic (exact) mass is 355 g/mol. The van der Waals surface area contributed by atoms with Gasteiger partial charge in [0.15, 0.2) is 0 Å². The van der Waals surface area contributed by atoms with E-state index >= 15 is 0 Å². The highest BCUT2D eigenvalue weighted by atomic mass is 16.5. The minimum Gasteiger partial charge on any atom is -0.495 e. The minimum atomic E-state index is -0.0534. The molecule has 1 saturated heterocycles. The van der Waals surface area contributed by atoms with Crippen molar-refractivity contribution >= 4 is 16.7 Å². The number of nitrogens with zero attached hydrogens (tertiary/aromatic N) is 2. The number of methoxy groups -OCH3 is 1.